The third kappa shape index (κ3) is 4.62. The summed E-state index contributed by atoms with van der Waals surface area (Å²) >= 11 is 0. The van der Waals surface area contributed by atoms with E-state index >= 15 is 0 Å². The average molecular weight is 360 g/mol. The van der Waals surface area contributed by atoms with E-state index in [1.807, 2.05) is 0 Å². The van der Waals surface area contributed by atoms with Crippen LogP contribution < -0.4 is 10.1 Å². The first-order valence-electron chi connectivity index (χ1n) is 8.62. The molecule has 26 heavy (non-hydrogen) atoms. The van der Waals surface area contributed by atoms with E-state index in [0.717, 1.165) is 0 Å². The Bertz CT molecular complexity index is 740. The molecule has 2 heterocycles. The number of furan rings is 1. The van der Waals surface area contributed by atoms with E-state index in [2.05, 4.69) is 5.32 Å². The topological polar surface area (TPSA) is 71.8 Å². The van der Waals surface area contributed by atoms with Crippen LogP contribution in [-0.4, -0.2) is 43.0 Å². The zero-order chi connectivity index (χ0) is 18.4. The minimum absolute atomic E-state index is 0.0436. The molecular weight excluding hydrogens is 339 g/mol. The summed E-state index contributed by atoms with van der Waals surface area (Å²) in [5.41, 5.74) is 0. The minimum Gasteiger partial charge on any atom is -0.492 e. The van der Waals surface area contributed by atoms with Crippen LogP contribution in [0, 0.1) is 11.7 Å². The molecule has 1 aromatic carbocycles. The Hall–Kier alpha value is -2.83. The molecule has 1 aromatic heterocycles. The van der Waals surface area contributed by atoms with Crippen molar-refractivity contribution < 1.29 is 23.1 Å². The highest BCUT2D eigenvalue weighted by molar-refractivity contribution is 5.91. The minimum atomic E-state index is -0.359. The van der Waals surface area contributed by atoms with E-state index in [4.69, 9.17) is 9.15 Å². The SMILES string of the molecule is O=C(NCCOc1cccc(F)c1)C1CCN(C(=O)c2ccco2)CC1. The normalized spacial score (nSPS) is 14.9. The van der Waals surface area contributed by atoms with Crippen molar-refractivity contribution >= 4 is 11.8 Å². The number of piperidine rings is 1. The number of benzene rings is 1. The van der Waals surface area contributed by atoms with Gasteiger partial charge < -0.3 is 19.4 Å². The van der Waals surface area contributed by atoms with E-state index in [0.29, 0.717) is 44.0 Å². The Labute approximate surface area is 150 Å². The summed E-state index contributed by atoms with van der Waals surface area (Å²) in [4.78, 5) is 26.1. The van der Waals surface area contributed by atoms with Crippen molar-refractivity contribution in [2.45, 2.75) is 12.8 Å². The van der Waals surface area contributed by atoms with Crippen molar-refractivity contribution in [2.24, 2.45) is 5.92 Å². The summed E-state index contributed by atoms with van der Waals surface area (Å²) in [6.45, 7) is 1.67. The van der Waals surface area contributed by atoms with Crippen molar-refractivity contribution in [2.75, 3.05) is 26.2 Å². The van der Waals surface area contributed by atoms with Crippen molar-refractivity contribution in [3.8, 4) is 5.75 Å². The first-order valence-corrected chi connectivity index (χ1v) is 8.62. The zero-order valence-electron chi connectivity index (χ0n) is 14.3. The maximum atomic E-state index is 13.0. The third-order valence-electron chi connectivity index (χ3n) is 4.35. The van der Waals surface area contributed by atoms with Gasteiger partial charge >= 0.3 is 0 Å². The van der Waals surface area contributed by atoms with Crippen molar-refractivity contribution in [3.63, 3.8) is 0 Å². The Morgan fingerprint density at radius 1 is 1.23 bits per heavy atom. The lowest BCUT2D eigenvalue weighted by Gasteiger charge is -2.30. The highest BCUT2D eigenvalue weighted by Gasteiger charge is 2.28. The highest BCUT2D eigenvalue weighted by atomic mass is 19.1. The standard InChI is InChI=1S/C19H21FN2O4/c20-15-3-1-4-16(13-15)25-12-8-21-18(23)14-6-9-22(10-7-14)19(24)17-5-2-11-26-17/h1-5,11,13-14H,6-10,12H2,(H,21,23). The number of hydrogen-bond acceptors (Lipinski definition) is 4. The highest BCUT2D eigenvalue weighted by Crippen LogP contribution is 2.19. The van der Waals surface area contributed by atoms with Gasteiger partial charge in [-0.05, 0) is 37.1 Å². The molecule has 0 unspecified atom stereocenters. The van der Waals surface area contributed by atoms with Gasteiger partial charge in [-0.3, -0.25) is 9.59 Å². The lowest BCUT2D eigenvalue weighted by atomic mass is 9.96. The monoisotopic (exact) mass is 360 g/mol. The third-order valence-corrected chi connectivity index (χ3v) is 4.35. The maximum Gasteiger partial charge on any atom is 0.289 e. The molecule has 3 rings (SSSR count). The number of carbonyl (C=O) groups is 2. The van der Waals surface area contributed by atoms with Crippen LogP contribution in [0.2, 0.25) is 0 Å². The molecule has 2 amide bonds. The molecule has 0 bridgehead atoms. The second kappa shape index (κ2) is 8.51. The van der Waals surface area contributed by atoms with Gasteiger partial charge in [-0.25, -0.2) is 4.39 Å². The number of nitrogens with one attached hydrogen (secondary N) is 1. The summed E-state index contributed by atoms with van der Waals surface area (Å²) < 4.78 is 23.6. The Morgan fingerprint density at radius 2 is 2.04 bits per heavy atom. The molecule has 0 atom stereocenters. The van der Waals surface area contributed by atoms with Crippen LogP contribution in [0.25, 0.3) is 0 Å². The van der Waals surface area contributed by atoms with Crippen LogP contribution in [0.1, 0.15) is 23.4 Å². The zero-order valence-corrected chi connectivity index (χ0v) is 14.3. The van der Waals surface area contributed by atoms with Crippen molar-refractivity contribution in [3.05, 3.63) is 54.2 Å². The van der Waals surface area contributed by atoms with Gasteiger partial charge in [0.2, 0.25) is 5.91 Å². The second-order valence-corrected chi connectivity index (χ2v) is 6.14. The molecule has 0 aliphatic carbocycles. The van der Waals surface area contributed by atoms with Gasteiger partial charge in [0, 0.05) is 25.1 Å². The van der Waals surface area contributed by atoms with Crippen LogP contribution in [0.5, 0.6) is 5.75 Å². The van der Waals surface area contributed by atoms with Crippen LogP contribution >= 0.6 is 0 Å². The molecule has 0 spiro atoms. The van der Waals surface area contributed by atoms with Crippen molar-refractivity contribution in [1.82, 2.24) is 10.2 Å². The lowest BCUT2D eigenvalue weighted by Crippen LogP contribution is -2.43. The fraction of sp³-hybridized carbons (Fsp3) is 0.368. The molecule has 0 radical (unpaired) electrons. The molecule has 7 heteroatoms. The fourth-order valence-corrected chi connectivity index (χ4v) is 2.95. The molecular formula is C19H21FN2O4. The molecule has 6 nitrogen and oxygen atoms in total. The molecule has 2 aromatic rings. The molecule has 1 N–H and O–H groups in total. The molecule has 1 fully saturated rings. The number of carbonyl (C=O) groups excluding carboxylic acids is 2. The van der Waals surface area contributed by atoms with Crippen LogP contribution in [0.3, 0.4) is 0 Å². The molecule has 1 aliphatic rings. The van der Waals surface area contributed by atoms with E-state index in [1.165, 1.54) is 18.4 Å². The predicted octanol–water partition coefficient (Wildman–Crippen LogP) is 2.47. The second-order valence-electron chi connectivity index (χ2n) is 6.14. The first-order chi connectivity index (χ1) is 12.6. The average Bonchev–Trinajstić information content (AvgIpc) is 3.19. The predicted molar refractivity (Wildman–Crippen MR) is 92.2 cm³/mol. The van der Waals surface area contributed by atoms with E-state index in [1.54, 1.807) is 29.2 Å². The molecule has 1 aliphatic heterocycles. The lowest BCUT2D eigenvalue weighted by molar-refractivity contribution is -0.126. The molecule has 0 saturated carbocycles. The smallest absolute Gasteiger partial charge is 0.289 e. The Morgan fingerprint density at radius 3 is 2.73 bits per heavy atom. The summed E-state index contributed by atoms with van der Waals surface area (Å²) in [6, 6.07) is 9.20. The number of ether oxygens (including phenoxy) is 1. The van der Waals surface area contributed by atoms with Gasteiger partial charge in [0.25, 0.3) is 5.91 Å². The van der Waals surface area contributed by atoms with Crippen LogP contribution in [-0.2, 0) is 4.79 Å². The number of nitrogens with zero attached hydrogens (tertiary/aromatic N) is 1. The number of amides is 2. The summed E-state index contributed by atoms with van der Waals surface area (Å²) in [5.74, 6) is 0.0916. The number of likely N-dealkylation sites (tertiary alicyclic amines) is 1. The van der Waals surface area contributed by atoms with Gasteiger partial charge in [0.05, 0.1) is 12.8 Å². The van der Waals surface area contributed by atoms with Crippen LogP contribution in [0.15, 0.2) is 47.1 Å². The first kappa shape index (κ1) is 18.0. The van der Waals surface area contributed by atoms with Gasteiger partial charge in [0.15, 0.2) is 5.76 Å². The van der Waals surface area contributed by atoms with E-state index in [-0.39, 0.29) is 30.2 Å². The van der Waals surface area contributed by atoms with Crippen LogP contribution in [0.4, 0.5) is 4.39 Å². The quantitative estimate of drug-likeness (QED) is 0.804. The van der Waals surface area contributed by atoms with Gasteiger partial charge in [-0.2, -0.15) is 0 Å². The summed E-state index contributed by atoms with van der Waals surface area (Å²) in [6.07, 6.45) is 2.70. The van der Waals surface area contributed by atoms with Gasteiger partial charge in [-0.15, -0.1) is 0 Å². The number of halogens is 1. The molecule has 138 valence electrons. The largest absolute Gasteiger partial charge is 0.492 e. The number of rotatable bonds is 6. The summed E-state index contributed by atoms with van der Waals surface area (Å²) in [7, 11) is 0. The van der Waals surface area contributed by atoms with Crippen molar-refractivity contribution in [1.29, 1.82) is 0 Å². The molecule has 1 saturated heterocycles. The maximum absolute atomic E-state index is 13.0. The van der Waals surface area contributed by atoms with E-state index < -0.39 is 0 Å². The fourth-order valence-electron chi connectivity index (χ4n) is 2.95. The van der Waals surface area contributed by atoms with E-state index in [9.17, 15) is 14.0 Å². The Kier molecular flexibility index (Phi) is 5.88. The number of hydrogen-bond donors (Lipinski definition) is 1. The van der Waals surface area contributed by atoms with Gasteiger partial charge in [0.1, 0.15) is 18.2 Å². The van der Waals surface area contributed by atoms with Gasteiger partial charge in [-0.1, -0.05) is 6.07 Å². The summed E-state index contributed by atoms with van der Waals surface area (Å²) in [5, 5.41) is 2.83. The Balaban J connectivity index is 1.36.